The number of halogens is 2. The van der Waals surface area contributed by atoms with Crippen LogP contribution in [-0.2, 0) is 4.79 Å². The normalized spacial score (nSPS) is 18.6. The zero-order valence-corrected chi connectivity index (χ0v) is 21.2. The second kappa shape index (κ2) is 10.7. The molecular formula is C28H31Cl2N3O2. The van der Waals surface area contributed by atoms with Crippen molar-refractivity contribution in [3.63, 3.8) is 0 Å². The molecule has 1 aromatic heterocycles. The van der Waals surface area contributed by atoms with Crippen molar-refractivity contribution in [1.82, 2.24) is 14.8 Å². The van der Waals surface area contributed by atoms with Gasteiger partial charge in [0, 0.05) is 42.8 Å². The van der Waals surface area contributed by atoms with E-state index in [2.05, 4.69) is 16.1 Å². The monoisotopic (exact) mass is 511 g/mol. The van der Waals surface area contributed by atoms with Crippen molar-refractivity contribution in [3.8, 4) is 5.75 Å². The Morgan fingerprint density at radius 2 is 1.77 bits per heavy atom. The molecule has 2 aliphatic rings. The van der Waals surface area contributed by atoms with Gasteiger partial charge in [-0.25, -0.2) is 0 Å². The van der Waals surface area contributed by atoms with Gasteiger partial charge in [0.1, 0.15) is 5.75 Å². The van der Waals surface area contributed by atoms with Crippen LogP contribution >= 0.6 is 23.2 Å². The molecule has 0 spiro atoms. The molecule has 2 saturated heterocycles. The number of aromatic hydroxyl groups is 1. The molecule has 3 aromatic rings. The van der Waals surface area contributed by atoms with E-state index in [0.29, 0.717) is 27.6 Å². The molecule has 3 heterocycles. The van der Waals surface area contributed by atoms with E-state index in [4.69, 9.17) is 23.2 Å². The van der Waals surface area contributed by atoms with Crippen LogP contribution in [0.1, 0.15) is 42.7 Å². The molecular weight excluding hydrogens is 481 g/mol. The molecule has 0 bridgehead atoms. The van der Waals surface area contributed by atoms with Gasteiger partial charge in [-0.15, -0.1) is 0 Å². The average Bonchev–Trinajstić information content (AvgIpc) is 3.28. The zero-order valence-electron chi connectivity index (χ0n) is 19.7. The van der Waals surface area contributed by atoms with Crippen LogP contribution in [0.4, 0.5) is 0 Å². The summed E-state index contributed by atoms with van der Waals surface area (Å²) in [6, 6.07) is 10.9. The molecule has 2 N–H and O–H groups in total. The summed E-state index contributed by atoms with van der Waals surface area (Å²) in [6.07, 6.45) is 9.93. The number of carbonyl (C=O) groups excluding carboxylic acids is 1. The smallest absolute Gasteiger partial charge is 0.246 e. The van der Waals surface area contributed by atoms with E-state index < -0.39 is 0 Å². The molecule has 5 rings (SSSR count). The number of nitrogens with zero attached hydrogens (tertiary/aromatic N) is 2. The Morgan fingerprint density at radius 1 is 1.00 bits per heavy atom. The van der Waals surface area contributed by atoms with E-state index in [-0.39, 0.29) is 5.91 Å². The first-order valence-electron chi connectivity index (χ1n) is 12.4. The summed E-state index contributed by atoms with van der Waals surface area (Å²) in [4.78, 5) is 20.5. The van der Waals surface area contributed by atoms with E-state index in [9.17, 15) is 9.90 Å². The maximum atomic E-state index is 12.6. The van der Waals surface area contributed by atoms with E-state index in [1.807, 2.05) is 23.1 Å². The number of aromatic nitrogens is 1. The van der Waals surface area contributed by atoms with Gasteiger partial charge in [0.25, 0.3) is 0 Å². The van der Waals surface area contributed by atoms with Crippen molar-refractivity contribution < 1.29 is 9.90 Å². The number of amides is 1. The highest BCUT2D eigenvalue weighted by Gasteiger charge is 2.27. The van der Waals surface area contributed by atoms with Crippen molar-refractivity contribution in [3.05, 3.63) is 69.8 Å². The lowest BCUT2D eigenvalue weighted by molar-refractivity contribution is -0.127. The van der Waals surface area contributed by atoms with Gasteiger partial charge < -0.3 is 19.9 Å². The summed E-state index contributed by atoms with van der Waals surface area (Å²) in [7, 11) is 0. The minimum absolute atomic E-state index is 0.0557. The van der Waals surface area contributed by atoms with Crippen LogP contribution in [0.25, 0.3) is 17.0 Å². The van der Waals surface area contributed by atoms with Crippen molar-refractivity contribution in [2.24, 2.45) is 5.92 Å². The van der Waals surface area contributed by atoms with Gasteiger partial charge >= 0.3 is 0 Å². The van der Waals surface area contributed by atoms with E-state index >= 15 is 0 Å². The number of phenolic OH excluding ortho intramolecular Hbond substituents is 1. The Hall–Kier alpha value is -2.47. The maximum absolute atomic E-state index is 12.6. The quantitative estimate of drug-likeness (QED) is 0.394. The third kappa shape index (κ3) is 5.69. The van der Waals surface area contributed by atoms with E-state index in [1.54, 1.807) is 30.4 Å². The number of rotatable bonds is 5. The average molecular weight is 512 g/mol. The highest BCUT2D eigenvalue weighted by Crippen LogP contribution is 2.35. The lowest BCUT2D eigenvalue weighted by Crippen LogP contribution is -2.42. The molecule has 0 unspecified atom stereocenters. The first kappa shape index (κ1) is 24.2. The second-order valence-electron chi connectivity index (χ2n) is 9.82. The van der Waals surface area contributed by atoms with Crippen molar-refractivity contribution in [1.29, 1.82) is 0 Å². The predicted molar refractivity (Wildman–Crippen MR) is 143 cm³/mol. The van der Waals surface area contributed by atoms with Crippen LogP contribution in [0.3, 0.4) is 0 Å². The van der Waals surface area contributed by atoms with Gasteiger partial charge in [-0.2, -0.15) is 0 Å². The number of likely N-dealkylation sites (tertiary alicyclic amines) is 2. The van der Waals surface area contributed by atoms with Crippen LogP contribution < -0.4 is 0 Å². The van der Waals surface area contributed by atoms with Crippen molar-refractivity contribution >= 4 is 46.1 Å². The summed E-state index contributed by atoms with van der Waals surface area (Å²) in [5.41, 5.74) is 3.29. The van der Waals surface area contributed by atoms with Gasteiger partial charge in [-0.1, -0.05) is 29.3 Å². The number of hydrogen-bond acceptors (Lipinski definition) is 3. The van der Waals surface area contributed by atoms with Crippen LogP contribution in [0.2, 0.25) is 10.0 Å². The topological polar surface area (TPSA) is 59.6 Å². The number of aromatic amines is 1. The highest BCUT2D eigenvalue weighted by molar-refractivity contribution is 6.42. The third-order valence-corrected chi connectivity index (χ3v) is 8.27. The number of piperidine rings is 2. The molecule has 2 aliphatic heterocycles. The minimum Gasteiger partial charge on any atom is -0.508 e. The SMILES string of the molecule is O=C(/C=C/c1ccc(Cl)c(Cl)c1)N1CCC(CN2CCC(c3c[nH]c4ccc(O)cc34)CC2)CC1. The Morgan fingerprint density at radius 3 is 2.51 bits per heavy atom. The van der Waals surface area contributed by atoms with E-state index in [1.165, 1.54) is 5.56 Å². The lowest BCUT2D eigenvalue weighted by Gasteiger charge is -2.37. The van der Waals surface area contributed by atoms with Crippen molar-refractivity contribution in [2.75, 3.05) is 32.7 Å². The van der Waals surface area contributed by atoms with Crippen LogP contribution in [0, 0.1) is 5.92 Å². The van der Waals surface area contributed by atoms with E-state index in [0.717, 1.165) is 74.9 Å². The van der Waals surface area contributed by atoms with Gasteiger partial charge in [0.05, 0.1) is 10.0 Å². The Bertz CT molecular complexity index is 1220. The fraction of sp³-hybridized carbons (Fsp3) is 0.393. The van der Waals surface area contributed by atoms with Crippen LogP contribution in [0.5, 0.6) is 5.75 Å². The standard InChI is InChI=1S/C28H31Cl2N3O2/c29-25-4-1-19(15-26(25)30)2-6-28(35)33-13-7-20(8-14-33)18-32-11-9-21(10-12-32)24-17-31-27-5-3-22(34)16-23(24)27/h1-6,15-17,20-21,31,34H,7-14,18H2/b6-2+. The second-order valence-corrected chi connectivity index (χ2v) is 10.6. The van der Waals surface area contributed by atoms with Crippen LogP contribution in [0.15, 0.2) is 48.7 Å². The lowest BCUT2D eigenvalue weighted by atomic mass is 9.88. The Labute approximate surface area is 216 Å². The number of hydrogen-bond donors (Lipinski definition) is 2. The Kier molecular flexibility index (Phi) is 7.37. The summed E-state index contributed by atoms with van der Waals surface area (Å²) in [5.74, 6) is 1.55. The number of fused-ring (bicyclic) bond motifs is 1. The molecule has 0 radical (unpaired) electrons. The van der Waals surface area contributed by atoms with Gasteiger partial charge in [0.2, 0.25) is 5.91 Å². The molecule has 0 saturated carbocycles. The molecule has 1 amide bonds. The third-order valence-electron chi connectivity index (χ3n) is 7.53. The summed E-state index contributed by atoms with van der Waals surface area (Å²) in [6.45, 7) is 4.93. The highest BCUT2D eigenvalue weighted by atomic mass is 35.5. The molecule has 5 nitrogen and oxygen atoms in total. The largest absolute Gasteiger partial charge is 0.508 e. The van der Waals surface area contributed by atoms with Gasteiger partial charge in [-0.05, 0) is 98.1 Å². The Balaban J connectivity index is 1.08. The molecule has 0 aliphatic carbocycles. The zero-order chi connectivity index (χ0) is 24.4. The minimum atomic E-state index is 0.0557. The molecule has 2 aromatic carbocycles. The number of benzene rings is 2. The summed E-state index contributed by atoms with van der Waals surface area (Å²) in [5, 5.41) is 12.0. The molecule has 0 atom stereocenters. The molecule has 7 heteroatoms. The number of phenols is 1. The van der Waals surface area contributed by atoms with Crippen LogP contribution in [-0.4, -0.2) is 58.5 Å². The first-order valence-corrected chi connectivity index (χ1v) is 13.2. The molecule has 184 valence electrons. The molecule has 35 heavy (non-hydrogen) atoms. The fourth-order valence-corrected chi connectivity index (χ4v) is 5.79. The number of carbonyl (C=O) groups is 1. The fourth-order valence-electron chi connectivity index (χ4n) is 5.48. The predicted octanol–water partition coefficient (Wildman–Crippen LogP) is 6.31. The first-order chi connectivity index (χ1) is 17.0. The molecule has 2 fully saturated rings. The van der Waals surface area contributed by atoms with Gasteiger partial charge in [0.15, 0.2) is 0 Å². The summed E-state index contributed by atoms with van der Waals surface area (Å²) >= 11 is 12.0. The number of H-pyrrole nitrogens is 1. The maximum Gasteiger partial charge on any atom is 0.246 e. The van der Waals surface area contributed by atoms with Crippen molar-refractivity contribution in [2.45, 2.75) is 31.6 Å². The summed E-state index contributed by atoms with van der Waals surface area (Å²) < 4.78 is 0. The van der Waals surface area contributed by atoms with Gasteiger partial charge in [-0.3, -0.25) is 4.79 Å². The number of nitrogens with one attached hydrogen (secondary N) is 1.